The van der Waals surface area contributed by atoms with Gasteiger partial charge in [0.1, 0.15) is 0 Å². The number of fused-ring (bicyclic) bond motifs is 1. The van der Waals surface area contributed by atoms with Crippen molar-refractivity contribution in [1.29, 1.82) is 0 Å². The third-order valence-corrected chi connectivity index (χ3v) is 5.29. The highest BCUT2D eigenvalue weighted by Crippen LogP contribution is 2.24. The van der Waals surface area contributed by atoms with Crippen LogP contribution < -0.4 is 10.9 Å². The normalized spacial score (nSPS) is 16.2. The standard InChI is InChI=1S/C23H25N3O3/c1-16-8-10-17(11-9-16)22-19-6-2-3-7-20(19)23(28)26(25-22)13-12-21(27)24-15-18-5-4-14-29-18/h2-3,6-11,18H,4-5,12-15H2,1H3,(H,24,27)/t18-/m0/s1. The molecule has 0 spiro atoms. The molecule has 150 valence electrons. The molecule has 1 atom stereocenters. The molecule has 4 rings (SSSR count). The van der Waals surface area contributed by atoms with Gasteiger partial charge in [0, 0.05) is 30.5 Å². The van der Waals surface area contributed by atoms with E-state index in [1.54, 1.807) is 0 Å². The van der Waals surface area contributed by atoms with Crippen molar-refractivity contribution in [2.45, 2.75) is 38.8 Å². The maximum Gasteiger partial charge on any atom is 0.274 e. The summed E-state index contributed by atoms with van der Waals surface area (Å²) in [6.45, 7) is 3.55. The first-order valence-electron chi connectivity index (χ1n) is 10.1. The molecule has 1 aliphatic rings. The van der Waals surface area contributed by atoms with E-state index >= 15 is 0 Å². The summed E-state index contributed by atoms with van der Waals surface area (Å²) in [7, 11) is 0. The number of rotatable bonds is 6. The van der Waals surface area contributed by atoms with Crippen LogP contribution in [-0.4, -0.2) is 34.9 Å². The fourth-order valence-electron chi connectivity index (χ4n) is 3.64. The van der Waals surface area contributed by atoms with Crippen LogP contribution in [0.3, 0.4) is 0 Å². The zero-order valence-electron chi connectivity index (χ0n) is 16.6. The van der Waals surface area contributed by atoms with E-state index < -0.39 is 0 Å². The second-order valence-corrected chi connectivity index (χ2v) is 7.48. The van der Waals surface area contributed by atoms with Crippen LogP contribution in [0.25, 0.3) is 22.0 Å². The molecular weight excluding hydrogens is 366 g/mol. The maximum absolute atomic E-state index is 12.9. The lowest BCUT2D eigenvalue weighted by Gasteiger charge is -2.13. The van der Waals surface area contributed by atoms with Crippen LogP contribution in [0.5, 0.6) is 0 Å². The number of amides is 1. The molecule has 0 aliphatic carbocycles. The van der Waals surface area contributed by atoms with E-state index in [9.17, 15) is 9.59 Å². The van der Waals surface area contributed by atoms with E-state index in [-0.39, 0.29) is 30.5 Å². The molecule has 1 saturated heterocycles. The molecule has 1 amide bonds. The van der Waals surface area contributed by atoms with E-state index in [1.165, 1.54) is 4.68 Å². The van der Waals surface area contributed by atoms with Gasteiger partial charge in [-0.1, -0.05) is 48.0 Å². The lowest BCUT2D eigenvalue weighted by molar-refractivity contribution is -0.121. The molecular formula is C23H25N3O3. The highest BCUT2D eigenvalue weighted by atomic mass is 16.5. The van der Waals surface area contributed by atoms with Gasteiger partial charge >= 0.3 is 0 Å². The van der Waals surface area contributed by atoms with Gasteiger partial charge in [0.25, 0.3) is 5.56 Å². The van der Waals surface area contributed by atoms with Crippen molar-refractivity contribution in [1.82, 2.24) is 15.1 Å². The average molecular weight is 391 g/mol. The Kier molecular flexibility index (Phi) is 5.71. The summed E-state index contributed by atoms with van der Waals surface area (Å²) < 4.78 is 6.93. The summed E-state index contributed by atoms with van der Waals surface area (Å²) in [6.07, 6.45) is 2.32. The molecule has 0 unspecified atom stereocenters. The minimum Gasteiger partial charge on any atom is -0.376 e. The third kappa shape index (κ3) is 4.38. The number of carbonyl (C=O) groups is 1. The van der Waals surface area contributed by atoms with Crippen LogP contribution in [0.2, 0.25) is 0 Å². The highest BCUT2D eigenvalue weighted by molar-refractivity contribution is 5.93. The van der Waals surface area contributed by atoms with Crippen LogP contribution in [0.15, 0.2) is 53.3 Å². The van der Waals surface area contributed by atoms with Crippen molar-refractivity contribution in [3.05, 3.63) is 64.4 Å². The number of ether oxygens (including phenoxy) is 1. The Labute approximate surface area is 169 Å². The Morgan fingerprint density at radius 3 is 2.66 bits per heavy atom. The minimum absolute atomic E-state index is 0.0979. The summed E-state index contributed by atoms with van der Waals surface area (Å²) in [5, 5.41) is 8.94. The predicted octanol–water partition coefficient (Wildman–Crippen LogP) is 3.06. The molecule has 2 aromatic carbocycles. The molecule has 6 heteroatoms. The van der Waals surface area contributed by atoms with Crippen molar-refractivity contribution in [3.63, 3.8) is 0 Å². The zero-order valence-corrected chi connectivity index (χ0v) is 16.6. The Morgan fingerprint density at radius 1 is 1.17 bits per heavy atom. The maximum atomic E-state index is 12.9. The van der Waals surface area contributed by atoms with E-state index in [1.807, 2.05) is 55.5 Å². The monoisotopic (exact) mass is 391 g/mol. The SMILES string of the molecule is Cc1ccc(-c2nn(CCC(=O)NC[C@@H]3CCCO3)c(=O)c3ccccc23)cc1. The fourth-order valence-corrected chi connectivity index (χ4v) is 3.64. The first kappa shape index (κ1) is 19.3. The number of benzene rings is 2. The smallest absolute Gasteiger partial charge is 0.274 e. The lowest BCUT2D eigenvalue weighted by atomic mass is 10.0. The molecule has 1 N–H and O–H groups in total. The molecule has 0 bridgehead atoms. The summed E-state index contributed by atoms with van der Waals surface area (Å²) in [4.78, 5) is 25.1. The van der Waals surface area contributed by atoms with E-state index in [2.05, 4.69) is 10.4 Å². The van der Waals surface area contributed by atoms with Gasteiger partial charge in [-0.05, 0) is 25.8 Å². The molecule has 0 radical (unpaired) electrons. The van der Waals surface area contributed by atoms with Gasteiger partial charge in [0.15, 0.2) is 0 Å². The molecule has 29 heavy (non-hydrogen) atoms. The lowest BCUT2D eigenvalue weighted by Crippen LogP contribution is -2.33. The number of hydrogen-bond donors (Lipinski definition) is 1. The van der Waals surface area contributed by atoms with Gasteiger partial charge in [0.2, 0.25) is 5.91 Å². The van der Waals surface area contributed by atoms with Gasteiger partial charge in [-0.3, -0.25) is 9.59 Å². The number of hydrogen-bond acceptors (Lipinski definition) is 4. The first-order chi connectivity index (χ1) is 14.1. The topological polar surface area (TPSA) is 73.2 Å². The Morgan fingerprint density at radius 2 is 1.93 bits per heavy atom. The van der Waals surface area contributed by atoms with Gasteiger partial charge < -0.3 is 10.1 Å². The van der Waals surface area contributed by atoms with Gasteiger partial charge in [-0.15, -0.1) is 0 Å². The van der Waals surface area contributed by atoms with Crippen molar-refractivity contribution < 1.29 is 9.53 Å². The molecule has 1 aromatic heterocycles. The summed E-state index contributed by atoms with van der Waals surface area (Å²) in [5.74, 6) is -0.0979. The average Bonchev–Trinajstić information content (AvgIpc) is 3.26. The third-order valence-electron chi connectivity index (χ3n) is 5.29. The second-order valence-electron chi connectivity index (χ2n) is 7.48. The van der Waals surface area contributed by atoms with Gasteiger partial charge in [0.05, 0.1) is 23.7 Å². The number of nitrogens with one attached hydrogen (secondary N) is 1. The van der Waals surface area contributed by atoms with Crippen molar-refractivity contribution >= 4 is 16.7 Å². The second kappa shape index (κ2) is 8.57. The number of nitrogens with zero attached hydrogens (tertiary/aromatic N) is 2. The van der Waals surface area contributed by atoms with Crippen LogP contribution >= 0.6 is 0 Å². The summed E-state index contributed by atoms with van der Waals surface area (Å²) in [6, 6.07) is 15.5. The van der Waals surface area contributed by atoms with Crippen molar-refractivity contribution in [2.75, 3.05) is 13.2 Å². The molecule has 1 aliphatic heterocycles. The molecule has 3 aromatic rings. The quantitative estimate of drug-likeness (QED) is 0.701. The first-order valence-corrected chi connectivity index (χ1v) is 10.1. The van der Waals surface area contributed by atoms with Crippen LogP contribution in [0.4, 0.5) is 0 Å². The highest BCUT2D eigenvalue weighted by Gasteiger charge is 2.17. The Bertz CT molecular complexity index is 1070. The van der Waals surface area contributed by atoms with E-state index in [4.69, 9.17) is 4.74 Å². The molecule has 0 saturated carbocycles. The van der Waals surface area contributed by atoms with E-state index in [0.29, 0.717) is 11.9 Å². The summed E-state index contributed by atoms with van der Waals surface area (Å²) >= 11 is 0. The van der Waals surface area contributed by atoms with Crippen molar-refractivity contribution in [3.8, 4) is 11.3 Å². The molecule has 6 nitrogen and oxygen atoms in total. The zero-order chi connectivity index (χ0) is 20.2. The summed E-state index contributed by atoms with van der Waals surface area (Å²) in [5.41, 5.74) is 2.68. The Balaban J connectivity index is 1.57. The molecule has 1 fully saturated rings. The van der Waals surface area contributed by atoms with Crippen LogP contribution in [-0.2, 0) is 16.1 Å². The number of carbonyl (C=O) groups excluding carboxylic acids is 1. The van der Waals surface area contributed by atoms with Crippen LogP contribution in [0.1, 0.15) is 24.8 Å². The predicted molar refractivity (Wildman–Crippen MR) is 113 cm³/mol. The largest absolute Gasteiger partial charge is 0.376 e. The van der Waals surface area contributed by atoms with Gasteiger partial charge in [-0.25, -0.2) is 4.68 Å². The van der Waals surface area contributed by atoms with Crippen molar-refractivity contribution in [2.24, 2.45) is 0 Å². The van der Waals surface area contributed by atoms with Crippen LogP contribution in [0, 0.1) is 6.92 Å². The Hall–Kier alpha value is -2.99. The number of aryl methyl sites for hydroxylation is 2. The minimum atomic E-state index is -0.177. The van der Waals surface area contributed by atoms with Gasteiger partial charge in [-0.2, -0.15) is 5.10 Å². The fraction of sp³-hybridized carbons (Fsp3) is 0.348. The molecule has 2 heterocycles. The van der Waals surface area contributed by atoms with E-state index in [0.717, 1.165) is 41.7 Å². The number of aromatic nitrogens is 2.